The molecule has 1 atom stereocenters. The Morgan fingerprint density at radius 2 is 2.21 bits per heavy atom. The number of nitrogens with zero attached hydrogens (tertiary/aromatic N) is 1. The van der Waals surface area contributed by atoms with E-state index in [0.29, 0.717) is 11.0 Å². The molecule has 100 valence electrons. The van der Waals surface area contributed by atoms with Crippen LogP contribution >= 0.6 is 15.9 Å². The van der Waals surface area contributed by atoms with Gasteiger partial charge in [-0.05, 0) is 58.5 Å². The van der Waals surface area contributed by atoms with Crippen molar-refractivity contribution in [3.8, 4) is 0 Å². The zero-order valence-corrected chi connectivity index (χ0v) is 12.0. The van der Waals surface area contributed by atoms with Crippen LogP contribution in [0.3, 0.4) is 0 Å². The van der Waals surface area contributed by atoms with Crippen LogP contribution in [-0.4, -0.2) is 9.67 Å². The second-order valence-corrected chi connectivity index (χ2v) is 5.92. The van der Waals surface area contributed by atoms with Crippen molar-refractivity contribution < 1.29 is 9.50 Å². The summed E-state index contributed by atoms with van der Waals surface area (Å²) in [6.07, 6.45) is 6.70. The molecular weight excluding hydrogens is 309 g/mol. The Morgan fingerprint density at radius 1 is 1.37 bits per heavy atom. The molecule has 19 heavy (non-hydrogen) atoms. The summed E-state index contributed by atoms with van der Waals surface area (Å²) in [5.41, 5.74) is 3.32. The molecule has 0 bridgehead atoms. The largest absolute Gasteiger partial charge is 0.388 e. The summed E-state index contributed by atoms with van der Waals surface area (Å²) in [6, 6.07) is 5.05. The van der Waals surface area contributed by atoms with Gasteiger partial charge < -0.3 is 9.67 Å². The van der Waals surface area contributed by atoms with Crippen LogP contribution in [-0.2, 0) is 13.0 Å². The van der Waals surface area contributed by atoms with Crippen molar-refractivity contribution in [3.05, 3.63) is 57.6 Å². The monoisotopic (exact) mass is 323 g/mol. The molecule has 2 nitrogen and oxygen atoms in total. The molecule has 0 aliphatic heterocycles. The van der Waals surface area contributed by atoms with Crippen LogP contribution in [0.4, 0.5) is 4.39 Å². The van der Waals surface area contributed by atoms with E-state index in [4.69, 9.17) is 0 Å². The predicted molar refractivity (Wildman–Crippen MR) is 75.5 cm³/mol. The van der Waals surface area contributed by atoms with E-state index in [0.717, 1.165) is 30.4 Å². The summed E-state index contributed by atoms with van der Waals surface area (Å²) >= 11 is 3.20. The van der Waals surface area contributed by atoms with Gasteiger partial charge in [0.15, 0.2) is 0 Å². The highest BCUT2D eigenvalue weighted by Gasteiger charge is 2.19. The summed E-state index contributed by atoms with van der Waals surface area (Å²) in [7, 11) is 0. The molecule has 2 aromatic rings. The Morgan fingerprint density at radius 3 is 2.95 bits per heavy atom. The van der Waals surface area contributed by atoms with Crippen molar-refractivity contribution in [2.75, 3.05) is 0 Å². The molecule has 1 unspecified atom stereocenters. The fourth-order valence-corrected chi connectivity index (χ4v) is 3.09. The molecule has 1 heterocycles. The Kier molecular flexibility index (Phi) is 3.46. The number of aromatic nitrogens is 1. The van der Waals surface area contributed by atoms with Crippen molar-refractivity contribution in [1.82, 2.24) is 4.57 Å². The highest BCUT2D eigenvalue weighted by molar-refractivity contribution is 9.10. The first-order chi connectivity index (χ1) is 9.13. The number of aliphatic hydroxyl groups is 1. The lowest BCUT2D eigenvalue weighted by Crippen LogP contribution is -2.05. The minimum Gasteiger partial charge on any atom is -0.388 e. The first-order valence-corrected chi connectivity index (χ1v) is 7.23. The summed E-state index contributed by atoms with van der Waals surface area (Å²) in [4.78, 5) is 0. The van der Waals surface area contributed by atoms with Gasteiger partial charge in [0.05, 0.1) is 10.6 Å². The number of fused-ring (bicyclic) bond motifs is 1. The minimum atomic E-state index is -0.329. The smallest absolute Gasteiger partial charge is 0.137 e. The zero-order valence-electron chi connectivity index (χ0n) is 10.4. The van der Waals surface area contributed by atoms with Crippen molar-refractivity contribution in [2.24, 2.45) is 0 Å². The van der Waals surface area contributed by atoms with E-state index >= 15 is 0 Å². The number of hydrogen-bond donors (Lipinski definition) is 1. The van der Waals surface area contributed by atoms with Gasteiger partial charge in [-0.1, -0.05) is 6.07 Å². The Hall–Kier alpha value is -1.13. The number of halogens is 2. The quantitative estimate of drug-likeness (QED) is 0.893. The van der Waals surface area contributed by atoms with Crippen LogP contribution in [0.5, 0.6) is 0 Å². The van der Waals surface area contributed by atoms with Crippen LogP contribution in [0.25, 0.3) is 0 Å². The molecular formula is C15H15BrFNO. The van der Waals surface area contributed by atoms with Crippen molar-refractivity contribution >= 4 is 15.9 Å². The van der Waals surface area contributed by atoms with Crippen LogP contribution in [0.2, 0.25) is 0 Å². The highest BCUT2D eigenvalue weighted by Crippen LogP contribution is 2.30. The van der Waals surface area contributed by atoms with E-state index in [1.54, 1.807) is 12.1 Å². The molecule has 3 rings (SSSR count). The molecule has 0 fully saturated rings. The van der Waals surface area contributed by atoms with Gasteiger partial charge in [-0.25, -0.2) is 4.39 Å². The number of hydrogen-bond acceptors (Lipinski definition) is 1. The Labute approximate surface area is 120 Å². The van der Waals surface area contributed by atoms with E-state index < -0.39 is 0 Å². The van der Waals surface area contributed by atoms with E-state index in [1.807, 2.05) is 6.20 Å². The molecule has 0 saturated heterocycles. The fourth-order valence-electron chi connectivity index (χ4n) is 2.66. The lowest BCUT2D eigenvalue weighted by atomic mass is 9.93. The number of benzene rings is 1. The summed E-state index contributed by atoms with van der Waals surface area (Å²) in [6.45, 7) is 0.693. The van der Waals surface area contributed by atoms with Gasteiger partial charge in [0.1, 0.15) is 5.82 Å². The second kappa shape index (κ2) is 5.10. The topological polar surface area (TPSA) is 25.2 Å². The van der Waals surface area contributed by atoms with Crippen molar-refractivity contribution in [2.45, 2.75) is 31.9 Å². The number of aliphatic hydroxyl groups excluding tert-OH is 1. The third kappa shape index (κ3) is 2.60. The normalized spacial score (nSPS) is 18.4. The molecule has 0 amide bonds. The van der Waals surface area contributed by atoms with E-state index in [2.05, 4.69) is 26.7 Å². The van der Waals surface area contributed by atoms with Gasteiger partial charge in [-0.15, -0.1) is 0 Å². The number of aryl methyl sites for hydroxylation is 1. The van der Waals surface area contributed by atoms with E-state index in [1.165, 1.54) is 11.6 Å². The molecule has 0 saturated carbocycles. The summed E-state index contributed by atoms with van der Waals surface area (Å²) in [5, 5.41) is 9.95. The molecule has 0 spiro atoms. The van der Waals surface area contributed by atoms with E-state index in [9.17, 15) is 9.50 Å². The molecule has 1 aromatic heterocycles. The van der Waals surface area contributed by atoms with Gasteiger partial charge in [0.2, 0.25) is 0 Å². The van der Waals surface area contributed by atoms with Crippen LogP contribution < -0.4 is 0 Å². The standard InChI is InChI=1S/C15H15BrFNO/c16-13-6-10(4-5-14(13)17)7-18-8-11-2-1-3-15(19)12(11)9-18/h4-6,8-9,15,19H,1-3,7H2. The maximum atomic E-state index is 13.2. The zero-order chi connectivity index (χ0) is 13.4. The Balaban J connectivity index is 1.85. The van der Waals surface area contributed by atoms with Gasteiger partial charge >= 0.3 is 0 Å². The summed E-state index contributed by atoms with van der Waals surface area (Å²) < 4.78 is 15.7. The first kappa shape index (κ1) is 12.9. The van der Waals surface area contributed by atoms with Gasteiger partial charge in [0, 0.05) is 24.5 Å². The maximum absolute atomic E-state index is 13.2. The Bertz CT molecular complexity index is 608. The maximum Gasteiger partial charge on any atom is 0.137 e. The van der Waals surface area contributed by atoms with E-state index in [-0.39, 0.29) is 11.9 Å². The average molecular weight is 324 g/mol. The molecule has 1 N–H and O–H groups in total. The first-order valence-electron chi connectivity index (χ1n) is 6.44. The van der Waals surface area contributed by atoms with Gasteiger partial charge in [0.25, 0.3) is 0 Å². The van der Waals surface area contributed by atoms with Crippen LogP contribution in [0.15, 0.2) is 35.1 Å². The molecule has 1 aromatic carbocycles. The second-order valence-electron chi connectivity index (χ2n) is 5.07. The van der Waals surface area contributed by atoms with Crippen LogP contribution in [0.1, 0.15) is 35.6 Å². The molecule has 0 radical (unpaired) electrons. The van der Waals surface area contributed by atoms with Crippen molar-refractivity contribution in [1.29, 1.82) is 0 Å². The predicted octanol–water partition coefficient (Wildman–Crippen LogP) is 3.81. The fraction of sp³-hybridized carbons (Fsp3) is 0.333. The lowest BCUT2D eigenvalue weighted by molar-refractivity contribution is 0.157. The van der Waals surface area contributed by atoms with Gasteiger partial charge in [-0.2, -0.15) is 0 Å². The minimum absolute atomic E-state index is 0.244. The molecule has 1 aliphatic rings. The molecule has 4 heteroatoms. The number of rotatable bonds is 2. The molecule has 1 aliphatic carbocycles. The third-order valence-corrected chi connectivity index (χ3v) is 4.24. The van der Waals surface area contributed by atoms with Crippen molar-refractivity contribution in [3.63, 3.8) is 0 Å². The SMILES string of the molecule is OC1CCCc2cn(Cc3ccc(F)c(Br)c3)cc21. The van der Waals surface area contributed by atoms with Crippen LogP contribution in [0, 0.1) is 5.82 Å². The average Bonchev–Trinajstić information content (AvgIpc) is 2.78. The highest BCUT2D eigenvalue weighted by atomic mass is 79.9. The lowest BCUT2D eigenvalue weighted by Gasteiger charge is -2.16. The summed E-state index contributed by atoms with van der Waals surface area (Å²) in [5.74, 6) is -0.244. The third-order valence-electron chi connectivity index (χ3n) is 3.63. The van der Waals surface area contributed by atoms with Gasteiger partial charge in [-0.3, -0.25) is 0 Å².